The van der Waals surface area contributed by atoms with E-state index in [2.05, 4.69) is 11.2 Å². The van der Waals surface area contributed by atoms with E-state index in [1.54, 1.807) is 48.7 Å². The Labute approximate surface area is 216 Å². The number of halogens is 2. The van der Waals surface area contributed by atoms with E-state index in [1.807, 2.05) is 0 Å². The summed E-state index contributed by atoms with van der Waals surface area (Å²) in [6.45, 7) is 0. The number of esters is 2. The number of anilines is 1. The standard InChI is InChI=1S/C25H19Cl2N5O4/c1-35-24(33)21-20(14-6-4-3-5-7-14)17(11-28)23(29)32(22(21)25(34)36-2)16-8-9-19(18(27)10-16)31-13-15(26)12-30-31/h3-10,12-13,20H,29H2,1-2H3. The number of benzene rings is 2. The molecule has 2 heterocycles. The van der Waals surface area contributed by atoms with Gasteiger partial charge in [-0.15, -0.1) is 0 Å². The minimum Gasteiger partial charge on any atom is -0.466 e. The number of hydrogen-bond acceptors (Lipinski definition) is 8. The first-order chi connectivity index (χ1) is 17.3. The lowest BCUT2D eigenvalue weighted by Gasteiger charge is -2.36. The number of methoxy groups -OCH3 is 2. The summed E-state index contributed by atoms with van der Waals surface area (Å²) in [6.07, 6.45) is 3.03. The molecule has 0 radical (unpaired) electrons. The lowest BCUT2D eigenvalue weighted by Crippen LogP contribution is -2.40. The molecule has 182 valence electrons. The van der Waals surface area contributed by atoms with Gasteiger partial charge in [0.2, 0.25) is 0 Å². The molecule has 2 N–H and O–H groups in total. The molecule has 0 aliphatic carbocycles. The van der Waals surface area contributed by atoms with Gasteiger partial charge in [0, 0.05) is 11.9 Å². The number of carbonyl (C=O) groups is 2. The quantitative estimate of drug-likeness (QED) is 0.496. The molecule has 0 amide bonds. The Balaban J connectivity index is 1.99. The molecule has 11 heteroatoms. The van der Waals surface area contributed by atoms with Crippen LogP contribution in [0.3, 0.4) is 0 Å². The number of carbonyl (C=O) groups excluding carboxylic acids is 2. The molecule has 1 unspecified atom stereocenters. The van der Waals surface area contributed by atoms with Gasteiger partial charge in [-0.3, -0.25) is 4.90 Å². The van der Waals surface area contributed by atoms with Gasteiger partial charge >= 0.3 is 11.9 Å². The molecule has 0 spiro atoms. The summed E-state index contributed by atoms with van der Waals surface area (Å²) in [5.74, 6) is -2.70. The summed E-state index contributed by atoms with van der Waals surface area (Å²) in [5.41, 5.74) is 7.64. The Bertz CT molecular complexity index is 1460. The van der Waals surface area contributed by atoms with Crippen LogP contribution in [0.2, 0.25) is 10.0 Å². The number of nitriles is 1. The van der Waals surface area contributed by atoms with Crippen molar-refractivity contribution in [2.24, 2.45) is 5.73 Å². The van der Waals surface area contributed by atoms with Gasteiger partial charge < -0.3 is 15.2 Å². The topological polar surface area (TPSA) is 123 Å². The minimum absolute atomic E-state index is 0.0494. The Morgan fingerprint density at radius 3 is 2.33 bits per heavy atom. The first-order valence-corrected chi connectivity index (χ1v) is 11.2. The number of hydrogen-bond donors (Lipinski definition) is 1. The fourth-order valence-electron chi connectivity index (χ4n) is 4.03. The van der Waals surface area contributed by atoms with E-state index in [9.17, 15) is 14.9 Å². The van der Waals surface area contributed by atoms with E-state index >= 15 is 0 Å². The first-order valence-electron chi connectivity index (χ1n) is 10.5. The molecule has 1 atom stereocenters. The van der Waals surface area contributed by atoms with Crippen molar-refractivity contribution < 1.29 is 19.1 Å². The molecule has 4 rings (SSSR count). The second-order valence-corrected chi connectivity index (χ2v) is 8.42. The van der Waals surface area contributed by atoms with Crippen LogP contribution in [0.4, 0.5) is 5.69 Å². The monoisotopic (exact) mass is 523 g/mol. The van der Waals surface area contributed by atoms with Crippen LogP contribution in [-0.2, 0) is 19.1 Å². The largest absolute Gasteiger partial charge is 0.466 e. The fourth-order valence-corrected chi connectivity index (χ4v) is 4.43. The van der Waals surface area contributed by atoms with Gasteiger partial charge in [0.05, 0.1) is 59.3 Å². The molecule has 3 aromatic rings. The Kier molecular flexibility index (Phi) is 7.01. The highest BCUT2D eigenvalue weighted by Crippen LogP contribution is 2.43. The smallest absolute Gasteiger partial charge is 0.355 e. The summed E-state index contributed by atoms with van der Waals surface area (Å²) in [6, 6.07) is 15.6. The normalized spacial score (nSPS) is 15.5. The van der Waals surface area contributed by atoms with Crippen LogP contribution in [0, 0.1) is 11.3 Å². The summed E-state index contributed by atoms with van der Waals surface area (Å²) in [7, 11) is 2.36. The van der Waals surface area contributed by atoms with Gasteiger partial charge in [0.15, 0.2) is 0 Å². The molecule has 1 aliphatic heterocycles. The molecule has 2 aromatic carbocycles. The highest BCUT2D eigenvalue weighted by atomic mass is 35.5. The molecule has 36 heavy (non-hydrogen) atoms. The van der Waals surface area contributed by atoms with Crippen LogP contribution in [0.1, 0.15) is 11.5 Å². The molecular formula is C25H19Cl2N5O4. The van der Waals surface area contributed by atoms with Gasteiger partial charge in [-0.2, -0.15) is 10.4 Å². The van der Waals surface area contributed by atoms with E-state index in [0.717, 1.165) is 0 Å². The van der Waals surface area contributed by atoms with Gasteiger partial charge in [0.1, 0.15) is 11.5 Å². The number of allylic oxidation sites excluding steroid dienone is 1. The average molecular weight is 524 g/mol. The van der Waals surface area contributed by atoms with Crippen molar-refractivity contribution in [2.75, 3.05) is 19.1 Å². The van der Waals surface area contributed by atoms with Gasteiger partial charge in [0.25, 0.3) is 0 Å². The molecule has 0 bridgehead atoms. The zero-order valence-electron chi connectivity index (χ0n) is 19.1. The van der Waals surface area contributed by atoms with Crippen molar-refractivity contribution in [3.8, 4) is 11.8 Å². The molecule has 9 nitrogen and oxygen atoms in total. The second-order valence-electron chi connectivity index (χ2n) is 7.57. The van der Waals surface area contributed by atoms with Crippen LogP contribution in [0.25, 0.3) is 5.69 Å². The van der Waals surface area contributed by atoms with Crippen molar-refractivity contribution in [3.05, 3.63) is 99.2 Å². The number of nitrogens with zero attached hydrogens (tertiary/aromatic N) is 4. The molecule has 0 saturated heterocycles. The van der Waals surface area contributed by atoms with Gasteiger partial charge in [-0.05, 0) is 23.8 Å². The molecule has 0 fully saturated rings. The highest BCUT2D eigenvalue weighted by molar-refractivity contribution is 6.33. The van der Waals surface area contributed by atoms with Crippen molar-refractivity contribution in [3.63, 3.8) is 0 Å². The predicted octanol–water partition coefficient (Wildman–Crippen LogP) is 4.08. The van der Waals surface area contributed by atoms with Crippen LogP contribution in [0.15, 0.2) is 83.6 Å². The maximum Gasteiger partial charge on any atom is 0.355 e. The third-order valence-corrected chi connectivity index (χ3v) is 6.10. The average Bonchev–Trinajstić information content (AvgIpc) is 3.33. The fraction of sp³-hybridized carbons (Fsp3) is 0.120. The zero-order chi connectivity index (χ0) is 26.0. The van der Waals surface area contributed by atoms with E-state index in [0.29, 0.717) is 22.0 Å². The maximum atomic E-state index is 13.1. The van der Waals surface area contributed by atoms with Crippen LogP contribution in [0.5, 0.6) is 0 Å². The minimum atomic E-state index is -0.963. The third-order valence-electron chi connectivity index (χ3n) is 5.60. The Morgan fingerprint density at radius 1 is 1.08 bits per heavy atom. The van der Waals surface area contributed by atoms with Crippen molar-refractivity contribution >= 4 is 40.8 Å². The van der Waals surface area contributed by atoms with Crippen LogP contribution >= 0.6 is 23.2 Å². The lowest BCUT2D eigenvalue weighted by molar-refractivity contribution is -0.139. The third kappa shape index (κ3) is 4.28. The number of ether oxygens (including phenoxy) is 2. The van der Waals surface area contributed by atoms with Crippen molar-refractivity contribution in [1.29, 1.82) is 5.26 Å². The van der Waals surface area contributed by atoms with Gasteiger partial charge in [-0.25, -0.2) is 14.3 Å². The maximum absolute atomic E-state index is 13.1. The van der Waals surface area contributed by atoms with Crippen molar-refractivity contribution in [1.82, 2.24) is 9.78 Å². The predicted molar refractivity (Wildman–Crippen MR) is 133 cm³/mol. The summed E-state index contributed by atoms with van der Waals surface area (Å²) >= 11 is 12.5. The van der Waals surface area contributed by atoms with E-state index in [1.165, 1.54) is 36.1 Å². The Hall–Kier alpha value is -4.26. The summed E-state index contributed by atoms with van der Waals surface area (Å²) < 4.78 is 11.5. The number of nitrogens with two attached hydrogens (primary N) is 1. The zero-order valence-corrected chi connectivity index (χ0v) is 20.6. The molecule has 0 saturated carbocycles. The first kappa shape index (κ1) is 24.9. The van der Waals surface area contributed by atoms with E-state index in [4.69, 9.17) is 38.4 Å². The number of rotatable bonds is 5. The van der Waals surface area contributed by atoms with E-state index < -0.39 is 17.9 Å². The van der Waals surface area contributed by atoms with Crippen molar-refractivity contribution in [2.45, 2.75) is 5.92 Å². The number of aromatic nitrogens is 2. The van der Waals surface area contributed by atoms with Crippen LogP contribution < -0.4 is 10.6 Å². The molecule has 1 aromatic heterocycles. The Morgan fingerprint density at radius 2 is 1.78 bits per heavy atom. The van der Waals surface area contributed by atoms with Gasteiger partial charge in [-0.1, -0.05) is 53.5 Å². The highest BCUT2D eigenvalue weighted by Gasteiger charge is 2.43. The molecule has 1 aliphatic rings. The summed E-state index contributed by atoms with van der Waals surface area (Å²) in [4.78, 5) is 27.5. The SMILES string of the molecule is COC(=O)C1=C(C(=O)OC)N(c2ccc(-n3cc(Cl)cn3)c(Cl)c2)C(N)=C(C#N)C1c1ccccc1. The summed E-state index contributed by atoms with van der Waals surface area (Å²) in [5, 5.41) is 14.9. The lowest BCUT2D eigenvalue weighted by atomic mass is 9.81. The van der Waals surface area contributed by atoms with Crippen LogP contribution in [-0.4, -0.2) is 35.9 Å². The second kappa shape index (κ2) is 10.2. The van der Waals surface area contributed by atoms with E-state index in [-0.39, 0.29) is 27.7 Å². The molecular weight excluding hydrogens is 505 g/mol.